The molecule has 1 unspecified atom stereocenters. The smallest absolute Gasteiger partial charge is 0.215 e. The second-order valence-corrected chi connectivity index (χ2v) is 5.81. The van der Waals surface area contributed by atoms with Crippen LogP contribution >= 0.6 is 11.3 Å². The fourth-order valence-corrected chi connectivity index (χ4v) is 3.02. The Morgan fingerprint density at radius 2 is 2.33 bits per heavy atom. The summed E-state index contributed by atoms with van der Waals surface area (Å²) in [5.74, 6) is -0.184. The average Bonchev–Trinajstić information content (AvgIpc) is 2.50. The van der Waals surface area contributed by atoms with Crippen molar-refractivity contribution >= 4 is 21.4 Å². The van der Waals surface area contributed by atoms with E-state index in [9.17, 15) is 8.42 Å². The molecule has 1 aromatic rings. The number of thiazole rings is 1. The lowest BCUT2D eigenvalue weighted by atomic mass is 10.2. The van der Waals surface area contributed by atoms with Gasteiger partial charge >= 0.3 is 0 Å². The van der Waals surface area contributed by atoms with Crippen LogP contribution in [0.25, 0.3) is 0 Å². The summed E-state index contributed by atoms with van der Waals surface area (Å²) in [6.07, 6.45) is 0. The fourth-order valence-electron chi connectivity index (χ4n) is 1.17. The van der Waals surface area contributed by atoms with Crippen molar-refractivity contribution in [3.8, 4) is 0 Å². The molecule has 1 heterocycles. The number of nitrogens with zero attached hydrogens (tertiary/aromatic N) is 1. The van der Waals surface area contributed by atoms with Gasteiger partial charge in [-0.05, 0) is 13.5 Å². The zero-order valence-electron chi connectivity index (χ0n) is 8.73. The van der Waals surface area contributed by atoms with Crippen LogP contribution in [0.4, 0.5) is 0 Å². The third-order valence-corrected chi connectivity index (χ3v) is 3.57. The van der Waals surface area contributed by atoms with E-state index in [2.05, 4.69) is 10.3 Å². The van der Waals surface area contributed by atoms with E-state index in [1.807, 2.05) is 19.2 Å². The SMILES string of the molecule is CCNC(C)c1csc(CS(N)(=O)=O)n1. The van der Waals surface area contributed by atoms with E-state index in [-0.39, 0.29) is 11.8 Å². The molecule has 5 nitrogen and oxygen atoms in total. The maximum Gasteiger partial charge on any atom is 0.215 e. The first kappa shape index (κ1) is 12.6. The van der Waals surface area contributed by atoms with E-state index in [0.717, 1.165) is 12.2 Å². The Morgan fingerprint density at radius 1 is 1.67 bits per heavy atom. The molecule has 1 rings (SSSR count). The van der Waals surface area contributed by atoms with Crippen LogP contribution in [0.5, 0.6) is 0 Å². The highest BCUT2D eigenvalue weighted by molar-refractivity contribution is 7.88. The van der Waals surface area contributed by atoms with E-state index >= 15 is 0 Å². The van der Waals surface area contributed by atoms with Gasteiger partial charge in [-0.25, -0.2) is 18.5 Å². The van der Waals surface area contributed by atoms with E-state index in [1.165, 1.54) is 11.3 Å². The third kappa shape index (κ3) is 4.25. The lowest BCUT2D eigenvalue weighted by Crippen LogP contribution is -2.18. The van der Waals surface area contributed by atoms with Gasteiger partial charge in [0.15, 0.2) is 0 Å². The van der Waals surface area contributed by atoms with Gasteiger partial charge in [-0.15, -0.1) is 11.3 Å². The van der Waals surface area contributed by atoms with Crippen LogP contribution in [-0.4, -0.2) is 19.9 Å². The first-order valence-corrected chi connectivity index (χ1v) is 7.20. The molecule has 0 aliphatic heterocycles. The predicted octanol–water partition coefficient (Wildman–Crippen LogP) is 0.602. The standard InChI is InChI=1S/C8H15N3O2S2/c1-3-10-6(2)7-4-14-8(11-7)5-15(9,12)13/h4,6,10H,3,5H2,1-2H3,(H2,9,12,13). The average molecular weight is 249 g/mol. The Labute approximate surface area is 93.8 Å². The minimum Gasteiger partial charge on any atom is -0.309 e. The van der Waals surface area contributed by atoms with Crippen molar-refractivity contribution in [1.29, 1.82) is 0 Å². The second-order valence-electron chi connectivity index (χ2n) is 3.25. The van der Waals surface area contributed by atoms with Crippen molar-refractivity contribution in [2.75, 3.05) is 6.54 Å². The molecular weight excluding hydrogens is 234 g/mol. The molecule has 0 fully saturated rings. The van der Waals surface area contributed by atoms with Crippen LogP contribution in [0, 0.1) is 0 Å². The van der Waals surface area contributed by atoms with E-state index in [4.69, 9.17) is 5.14 Å². The maximum absolute atomic E-state index is 10.8. The highest BCUT2D eigenvalue weighted by Gasteiger charge is 2.12. The Bertz CT molecular complexity index is 413. The molecule has 0 aliphatic rings. The van der Waals surface area contributed by atoms with Crippen molar-refractivity contribution in [3.05, 3.63) is 16.1 Å². The predicted molar refractivity (Wildman–Crippen MR) is 61.0 cm³/mol. The van der Waals surface area contributed by atoms with Gasteiger partial charge in [0.05, 0.1) is 5.69 Å². The summed E-state index contributed by atoms with van der Waals surface area (Å²) in [6, 6.07) is 0.139. The molecule has 0 saturated carbocycles. The Hall–Kier alpha value is -0.500. The Balaban J connectivity index is 2.72. The van der Waals surface area contributed by atoms with Gasteiger partial charge in [-0.2, -0.15) is 0 Å². The summed E-state index contributed by atoms with van der Waals surface area (Å²) in [4.78, 5) is 4.21. The van der Waals surface area contributed by atoms with Crippen LogP contribution in [0.15, 0.2) is 5.38 Å². The lowest BCUT2D eigenvalue weighted by molar-refractivity contribution is 0.583. The molecule has 0 bridgehead atoms. The van der Waals surface area contributed by atoms with Crippen LogP contribution < -0.4 is 10.5 Å². The highest BCUT2D eigenvalue weighted by Crippen LogP contribution is 2.17. The first-order valence-electron chi connectivity index (χ1n) is 4.60. The van der Waals surface area contributed by atoms with Crippen LogP contribution in [0.1, 0.15) is 30.6 Å². The summed E-state index contributed by atoms with van der Waals surface area (Å²) < 4.78 is 21.7. The molecule has 15 heavy (non-hydrogen) atoms. The second kappa shape index (κ2) is 5.02. The molecule has 1 atom stereocenters. The molecule has 0 saturated heterocycles. The Morgan fingerprint density at radius 3 is 2.87 bits per heavy atom. The summed E-state index contributed by atoms with van der Waals surface area (Å²) >= 11 is 1.32. The molecule has 0 amide bonds. The van der Waals surface area contributed by atoms with Crippen LogP contribution in [-0.2, 0) is 15.8 Å². The topological polar surface area (TPSA) is 85.1 Å². The molecule has 3 N–H and O–H groups in total. The van der Waals surface area contributed by atoms with Gasteiger partial charge in [-0.3, -0.25) is 0 Å². The molecular formula is C8H15N3O2S2. The largest absolute Gasteiger partial charge is 0.309 e. The van der Waals surface area contributed by atoms with Gasteiger partial charge in [-0.1, -0.05) is 6.92 Å². The zero-order valence-corrected chi connectivity index (χ0v) is 10.4. The van der Waals surface area contributed by atoms with Gasteiger partial charge in [0.25, 0.3) is 0 Å². The Kier molecular flexibility index (Phi) is 4.21. The monoisotopic (exact) mass is 249 g/mol. The third-order valence-electron chi connectivity index (χ3n) is 1.85. The molecule has 0 spiro atoms. The molecule has 0 radical (unpaired) electrons. The first-order chi connectivity index (χ1) is 6.92. The lowest BCUT2D eigenvalue weighted by Gasteiger charge is -2.07. The van der Waals surface area contributed by atoms with Crippen molar-refractivity contribution in [2.24, 2.45) is 5.14 Å². The molecule has 1 aromatic heterocycles. The van der Waals surface area contributed by atoms with Gasteiger partial charge in [0.2, 0.25) is 10.0 Å². The molecule has 86 valence electrons. The number of hydrogen-bond donors (Lipinski definition) is 2. The van der Waals surface area contributed by atoms with Gasteiger partial charge < -0.3 is 5.32 Å². The maximum atomic E-state index is 10.8. The highest BCUT2D eigenvalue weighted by atomic mass is 32.2. The number of rotatable bonds is 5. The number of aromatic nitrogens is 1. The fraction of sp³-hybridized carbons (Fsp3) is 0.625. The van der Waals surface area contributed by atoms with E-state index in [1.54, 1.807) is 0 Å². The molecule has 0 aromatic carbocycles. The molecule has 7 heteroatoms. The van der Waals surface area contributed by atoms with E-state index < -0.39 is 10.0 Å². The van der Waals surface area contributed by atoms with Crippen molar-refractivity contribution in [2.45, 2.75) is 25.6 Å². The quantitative estimate of drug-likeness (QED) is 0.800. The molecule has 0 aliphatic carbocycles. The summed E-state index contributed by atoms with van der Waals surface area (Å²) in [7, 11) is -3.47. The zero-order chi connectivity index (χ0) is 11.5. The van der Waals surface area contributed by atoms with Gasteiger partial charge in [0, 0.05) is 11.4 Å². The van der Waals surface area contributed by atoms with Crippen LogP contribution in [0.3, 0.4) is 0 Å². The minimum absolute atomic E-state index is 0.139. The summed E-state index contributed by atoms with van der Waals surface area (Å²) in [5, 5.41) is 10.5. The minimum atomic E-state index is -3.47. The van der Waals surface area contributed by atoms with Gasteiger partial charge in [0.1, 0.15) is 10.8 Å². The summed E-state index contributed by atoms with van der Waals surface area (Å²) in [6.45, 7) is 4.84. The summed E-state index contributed by atoms with van der Waals surface area (Å²) in [5.41, 5.74) is 0.862. The number of primary sulfonamides is 1. The van der Waals surface area contributed by atoms with E-state index in [0.29, 0.717) is 5.01 Å². The van der Waals surface area contributed by atoms with Crippen molar-refractivity contribution < 1.29 is 8.42 Å². The number of nitrogens with two attached hydrogens (primary N) is 1. The normalized spacial score (nSPS) is 14.1. The van der Waals surface area contributed by atoms with Crippen LogP contribution in [0.2, 0.25) is 0 Å². The number of hydrogen-bond acceptors (Lipinski definition) is 5. The van der Waals surface area contributed by atoms with Crippen molar-refractivity contribution in [1.82, 2.24) is 10.3 Å². The number of sulfonamides is 1. The van der Waals surface area contributed by atoms with Crippen molar-refractivity contribution in [3.63, 3.8) is 0 Å². The number of nitrogens with one attached hydrogen (secondary N) is 1.